The number of benzene rings is 2. The number of nitrogens with one attached hydrogen (secondary N) is 1. The molecule has 1 amide bonds. The highest BCUT2D eigenvalue weighted by atomic mass is 32.1. The summed E-state index contributed by atoms with van der Waals surface area (Å²) in [6.07, 6.45) is 0. The predicted octanol–water partition coefficient (Wildman–Crippen LogP) is 5.53. The van der Waals surface area contributed by atoms with Crippen molar-refractivity contribution in [3.8, 4) is 16.9 Å². The Morgan fingerprint density at radius 3 is 2.47 bits per heavy atom. The second kappa shape index (κ2) is 9.59. The van der Waals surface area contributed by atoms with Crippen LogP contribution >= 0.6 is 11.3 Å². The van der Waals surface area contributed by atoms with Gasteiger partial charge in [-0.25, -0.2) is 4.79 Å². The minimum Gasteiger partial charge on any atom is -0.483 e. The predicted molar refractivity (Wildman–Crippen MR) is 120 cm³/mol. The Balaban J connectivity index is 1.80. The molecular weight excluding hydrogens is 398 g/mol. The third kappa shape index (κ3) is 4.89. The summed E-state index contributed by atoms with van der Waals surface area (Å²) < 4.78 is 10.9. The zero-order valence-corrected chi connectivity index (χ0v) is 18.4. The summed E-state index contributed by atoms with van der Waals surface area (Å²) in [4.78, 5) is 25.2. The summed E-state index contributed by atoms with van der Waals surface area (Å²) in [5.41, 5.74) is 5.22. The summed E-state index contributed by atoms with van der Waals surface area (Å²) in [6.45, 7) is 7.81. The number of hydrogen-bond acceptors (Lipinski definition) is 5. The van der Waals surface area contributed by atoms with Crippen molar-refractivity contribution in [2.45, 2.75) is 27.7 Å². The lowest BCUT2D eigenvalue weighted by Gasteiger charge is -2.12. The van der Waals surface area contributed by atoms with Crippen LogP contribution in [-0.2, 0) is 9.53 Å². The van der Waals surface area contributed by atoms with E-state index >= 15 is 0 Å². The normalized spacial score (nSPS) is 10.5. The first kappa shape index (κ1) is 21.6. The van der Waals surface area contributed by atoms with Gasteiger partial charge < -0.3 is 14.8 Å². The largest absolute Gasteiger partial charge is 0.483 e. The number of anilines is 1. The Kier molecular flexibility index (Phi) is 6.90. The Morgan fingerprint density at radius 2 is 1.77 bits per heavy atom. The summed E-state index contributed by atoms with van der Waals surface area (Å²) in [7, 11) is 0. The number of aryl methyl sites for hydroxylation is 2. The molecule has 156 valence electrons. The average Bonchev–Trinajstić information content (AvgIpc) is 3.13. The smallest absolute Gasteiger partial charge is 0.341 e. The molecule has 0 aliphatic carbocycles. The molecule has 1 heterocycles. The Hall–Kier alpha value is -3.12. The number of hydrogen-bond donors (Lipinski definition) is 1. The highest BCUT2D eigenvalue weighted by molar-refractivity contribution is 7.15. The lowest BCUT2D eigenvalue weighted by Crippen LogP contribution is -2.21. The highest BCUT2D eigenvalue weighted by Gasteiger charge is 2.23. The van der Waals surface area contributed by atoms with E-state index in [0.717, 1.165) is 27.8 Å². The molecule has 1 aromatic heterocycles. The third-order valence-electron chi connectivity index (χ3n) is 4.80. The first-order chi connectivity index (χ1) is 14.4. The van der Waals surface area contributed by atoms with Crippen LogP contribution in [0.4, 0.5) is 5.00 Å². The van der Waals surface area contributed by atoms with Gasteiger partial charge >= 0.3 is 5.97 Å². The van der Waals surface area contributed by atoms with E-state index in [1.165, 1.54) is 11.3 Å². The van der Waals surface area contributed by atoms with Gasteiger partial charge in [-0.2, -0.15) is 0 Å². The van der Waals surface area contributed by atoms with Crippen molar-refractivity contribution in [1.29, 1.82) is 0 Å². The molecule has 0 unspecified atom stereocenters. The topological polar surface area (TPSA) is 64.6 Å². The Labute approximate surface area is 180 Å². The molecule has 0 fully saturated rings. The lowest BCUT2D eigenvalue weighted by molar-refractivity contribution is -0.118. The summed E-state index contributed by atoms with van der Waals surface area (Å²) in [6, 6.07) is 13.6. The van der Waals surface area contributed by atoms with E-state index < -0.39 is 5.97 Å². The van der Waals surface area contributed by atoms with Crippen LogP contribution in [0.3, 0.4) is 0 Å². The van der Waals surface area contributed by atoms with Gasteiger partial charge in [-0.3, -0.25) is 4.79 Å². The maximum Gasteiger partial charge on any atom is 0.341 e. The van der Waals surface area contributed by atoms with Crippen molar-refractivity contribution in [1.82, 2.24) is 0 Å². The molecule has 0 aliphatic rings. The molecule has 3 aromatic rings. The summed E-state index contributed by atoms with van der Waals surface area (Å²) in [5.74, 6) is -0.124. The lowest BCUT2D eigenvalue weighted by atomic mass is 10.0. The van der Waals surface area contributed by atoms with Gasteiger partial charge in [-0.1, -0.05) is 42.0 Å². The van der Waals surface area contributed by atoms with E-state index in [9.17, 15) is 9.59 Å². The molecule has 0 saturated heterocycles. The van der Waals surface area contributed by atoms with Crippen molar-refractivity contribution < 1.29 is 19.1 Å². The first-order valence-electron chi connectivity index (χ1n) is 9.75. The molecule has 3 rings (SSSR count). The van der Waals surface area contributed by atoms with Crippen molar-refractivity contribution in [3.63, 3.8) is 0 Å². The van der Waals surface area contributed by atoms with Gasteiger partial charge in [-0.15, -0.1) is 11.3 Å². The first-order valence-corrected chi connectivity index (χ1v) is 10.6. The minimum absolute atomic E-state index is 0.148. The van der Waals surface area contributed by atoms with Gasteiger partial charge in [0.1, 0.15) is 16.3 Å². The standard InChI is InChI=1S/C24H25NO4S/c1-5-28-24(27)22-19(18-11-9-15(2)10-12-18)14-30-23(22)25-21(26)13-29-20-8-6-7-16(3)17(20)4/h6-12,14H,5,13H2,1-4H3,(H,25,26). The number of rotatable bonds is 7. The number of carbonyl (C=O) groups is 2. The van der Waals surface area contributed by atoms with Crippen LogP contribution in [0.5, 0.6) is 5.75 Å². The molecule has 0 spiro atoms. The van der Waals surface area contributed by atoms with E-state index in [1.54, 1.807) is 6.92 Å². The van der Waals surface area contributed by atoms with Crippen LogP contribution < -0.4 is 10.1 Å². The molecule has 0 atom stereocenters. The molecule has 1 N–H and O–H groups in total. The molecular formula is C24H25NO4S. The van der Waals surface area contributed by atoms with Crippen molar-refractivity contribution >= 4 is 28.2 Å². The van der Waals surface area contributed by atoms with Crippen molar-refractivity contribution in [3.05, 3.63) is 70.1 Å². The van der Waals surface area contributed by atoms with Gasteiger partial charge in [0.05, 0.1) is 6.61 Å². The van der Waals surface area contributed by atoms with Crippen LogP contribution in [-0.4, -0.2) is 25.1 Å². The number of carbonyl (C=O) groups excluding carboxylic acids is 2. The van der Waals surface area contributed by atoms with Crippen LogP contribution in [0.25, 0.3) is 11.1 Å². The second-order valence-corrected chi connectivity index (χ2v) is 7.85. The molecule has 0 radical (unpaired) electrons. The van der Waals surface area contributed by atoms with E-state index in [4.69, 9.17) is 9.47 Å². The highest BCUT2D eigenvalue weighted by Crippen LogP contribution is 2.36. The molecule has 0 saturated carbocycles. The fourth-order valence-electron chi connectivity index (χ4n) is 2.99. The monoisotopic (exact) mass is 423 g/mol. The number of ether oxygens (including phenoxy) is 2. The van der Waals surface area contributed by atoms with Gasteiger partial charge in [0.15, 0.2) is 6.61 Å². The van der Waals surface area contributed by atoms with E-state index in [0.29, 0.717) is 16.3 Å². The summed E-state index contributed by atoms with van der Waals surface area (Å²) in [5, 5.41) is 5.13. The van der Waals surface area contributed by atoms with Gasteiger partial charge in [0.25, 0.3) is 5.91 Å². The molecule has 0 aliphatic heterocycles. The van der Waals surface area contributed by atoms with Crippen LogP contribution in [0, 0.1) is 20.8 Å². The van der Waals surface area contributed by atoms with Gasteiger partial charge in [-0.05, 0) is 50.5 Å². The Bertz CT molecular complexity index is 1050. The number of amides is 1. The SMILES string of the molecule is CCOC(=O)c1c(-c2ccc(C)cc2)csc1NC(=O)COc1cccc(C)c1C. The van der Waals surface area contributed by atoms with Crippen LogP contribution in [0.15, 0.2) is 47.8 Å². The second-order valence-electron chi connectivity index (χ2n) is 6.97. The maximum absolute atomic E-state index is 12.6. The molecule has 6 heteroatoms. The number of thiophene rings is 1. The molecule has 30 heavy (non-hydrogen) atoms. The van der Waals surface area contributed by atoms with Crippen molar-refractivity contribution in [2.24, 2.45) is 0 Å². The van der Waals surface area contributed by atoms with E-state index in [2.05, 4.69) is 5.32 Å². The Morgan fingerprint density at radius 1 is 1.03 bits per heavy atom. The fourth-order valence-corrected chi connectivity index (χ4v) is 3.96. The van der Waals surface area contributed by atoms with E-state index in [-0.39, 0.29) is 19.1 Å². The minimum atomic E-state index is -0.458. The van der Waals surface area contributed by atoms with Crippen molar-refractivity contribution in [2.75, 3.05) is 18.5 Å². The van der Waals surface area contributed by atoms with E-state index in [1.807, 2.05) is 68.6 Å². The number of esters is 1. The summed E-state index contributed by atoms with van der Waals surface area (Å²) >= 11 is 1.30. The quantitative estimate of drug-likeness (QED) is 0.507. The average molecular weight is 424 g/mol. The van der Waals surface area contributed by atoms with Crippen LogP contribution in [0.2, 0.25) is 0 Å². The zero-order valence-electron chi connectivity index (χ0n) is 17.6. The molecule has 5 nitrogen and oxygen atoms in total. The maximum atomic E-state index is 12.6. The van der Waals surface area contributed by atoms with Gasteiger partial charge in [0.2, 0.25) is 0 Å². The molecule has 2 aromatic carbocycles. The van der Waals surface area contributed by atoms with Crippen LogP contribution in [0.1, 0.15) is 34.0 Å². The fraction of sp³-hybridized carbons (Fsp3) is 0.250. The zero-order chi connectivity index (χ0) is 21.7. The third-order valence-corrected chi connectivity index (χ3v) is 5.70. The molecule has 0 bridgehead atoms. The van der Waals surface area contributed by atoms with Gasteiger partial charge in [0, 0.05) is 10.9 Å².